The van der Waals surface area contributed by atoms with Gasteiger partial charge < -0.3 is 9.32 Å². The minimum absolute atomic E-state index is 0.0149. The molecule has 49 heavy (non-hydrogen) atoms. The number of furan rings is 1. The van der Waals surface area contributed by atoms with Crippen molar-refractivity contribution in [3.8, 4) is 33.4 Å². The number of anilines is 3. The van der Waals surface area contributed by atoms with E-state index in [1.165, 1.54) is 61.3 Å². The first kappa shape index (κ1) is 28.2. The molecule has 0 saturated carbocycles. The minimum atomic E-state index is 0.0149. The number of para-hydroxylation sites is 3. The van der Waals surface area contributed by atoms with E-state index in [0.717, 1.165) is 33.1 Å². The average Bonchev–Trinajstić information content (AvgIpc) is 3.68. The molecule has 2 nitrogen and oxygen atoms in total. The van der Waals surface area contributed by atoms with Crippen molar-refractivity contribution in [1.82, 2.24) is 0 Å². The van der Waals surface area contributed by atoms with E-state index in [9.17, 15) is 0 Å². The van der Waals surface area contributed by atoms with Crippen molar-refractivity contribution in [2.45, 2.75) is 26.2 Å². The molecule has 8 aromatic rings. The van der Waals surface area contributed by atoms with Crippen LogP contribution < -0.4 is 21.3 Å². The normalized spacial score (nSPS) is 13.1. The van der Waals surface area contributed by atoms with Gasteiger partial charge in [-0.1, -0.05) is 141 Å². The molecule has 0 bridgehead atoms. The first-order valence-electron chi connectivity index (χ1n) is 17.2. The van der Waals surface area contributed by atoms with Crippen LogP contribution in [0.25, 0.3) is 55.3 Å². The van der Waals surface area contributed by atoms with Gasteiger partial charge in [-0.3, -0.25) is 0 Å². The number of fused-ring (bicyclic) bond motifs is 8. The van der Waals surface area contributed by atoms with Gasteiger partial charge in [-0.05, 0) is 80.6 Å². The molecule has 0 unspecified atom stereocenters. The van der Waals surface area contributed by atoms with Gasteiger partial charge in [0.1, 0.15) is 11.2 Å². The number of nitrogens with zero attached hydrogens (tertiary/aromatic N) is 1. The van der Waals surface area contributed by atoms with Gasteiger partial charge in [0.15, 0.2) is 0 Å². The maximum absolute atomic E-state index is 6.61. The smallest absolute Gasteiger partial charge is 0.248 e. The summed E-state index contributed by atoms with van der Waals surface area (Å²) in [7, 11) is 0. The van der Waals surface area contributed by atoms with Crippen LogP contribution in [0.1, 0.15) is 26.3 Å². The standard InChI is InChI=1S/C46H34BNO/c1-46(2,3)31-24-25-40(36(28-31)29-14-5-4-6-15-29)48-41-22-11-10-21-39(41)47-38-20-9-7-16-33(38)37-26-30(27-42(48)44(37)47)32-18-13-19-35-34-17-8-12-23-43(34)49-45(32)35/h4-28H,1-3H3. The Labute approximate surface area is 287 Å². The van der Waals surface area contributed by atoms with Gasteiger partial charge in [0.2, 0.25) is 6.71 Å². The lowest BCUT2D eigenvalue weighted by Gasteiger charge is -2.37. The summed E-state index contributed by atoms with van der Waals surface area (Å²) in [4.78, 5) is 2.54. The van der Waals surface area contributed by atoms with Crippen LogP contribution in [0, 0.1) is 0 Å². The number of benzene rings is 7. The summed E-state index contributed by atoms with van der Waals surface area (Å²) in [5.41, 5.74) is 18.2. The zero-order chi connectivity index (χ0) is 32.9. The largest absolute Gasteiger partial charge is 0.455 e. The van der Waals surface area contributed by atoms with Crippen LogP contribution in [0.4, 0.5) is 17.1 Å². The molecule has 0 N–H and O–H groups in total. The maximum Gasteiger partial charge on any atom is 0.248 e. The first-order valence-corrected chi connectivity index (χ1v) is 17.2. The lowest BCUT2D eigenvalue weighted by molar-refractivity contribution is 0.590. The van der Waals surface area contributed by atoms with Gasteiger partial charge in [-0.15, -0.1) is 0 Å². The van der Waals surface area contributed by atoms with E-state index >= 15 is 0 Å². The predicted molar refractivity (Wildman–Crippen MR) is 208 cm³/mol. The van der Waals surface area contributed by atoms with Crippen LogP contribution in [0.3, 0.4) is 0 Å². The van der Waals surface area contributed by atoms with Gasteiger partial charge in [0.25, 0.3) is 0 Å². The van der Waals surface area contributed by atoms with E-state index in [1.54, 1.807) is 0 Å². The molecule has 0 amide bonds. The van der Waals surface area contributed by atoms with Crippen LogP contribution >= 0.6 is 0 Å². The lowest BCUT2D eigenvalue weighted by atomic mass is 9.37. The zero-order valence-corrected chi connectivity index (χ0v) is 27.9. The fraction of sp³-hybridized carbons (Fsp3) is 0.0870. The van der Waals surface area contributed by atoms with Crippen molar-refractivity contribution < 1.29 is 4.42 Å². The Bertz CT molecular complexity index is 2610. The van der Waals surface area contributed by atoms with E-state index < -0.39 is 0 Å². The Morgan fingerprint density at radius 2 is 1.20 bits per heavy atom. The Balaban J connectivity index is 1.30. The molecule has 0 spiro atoms. The second kappa shape index (κ2) is 10.4. The lowest BCUT2D eigenvalue weighted by Crippen LogP contribution is -2.54. The fourth-order valence-corrected chi connectivity index (χ4v) is 8.32. The summed E-state index contributed by atoms with van der Waals surface area (Å²) < 4.78 is 6.61. The molecule has 0 radical (unpaired) electrons. The van der Waals surface area contributed by atoms with Crippen LogP contribution in [-0.2, 0) is 5.41 Å². The Morgan fingerprint density at radius 1 is 0.490 bits per heavy atom. The highest BCUT2D eigenvalue weighted by Crippen LogP contribution is 2.47. The molecule has 3 heterocycles. The Hall–Kier alpha value is -5.80. The summed E-state index contributed by atoms with van der Waals surface area (Å²) in [6.45, 7) is 7.05. The SMILES string of the molecule is CC(C)(C)c1ccc(N2c3ccccc3B3c4ccccc4-c4cc(-c5cccc6c5oc5ccccc56)cc2c43)c(-c2ccccc2)c1. The quantitative estimate of drug-likeness (QED) is 0.181. The molecule has 232 valence electrons. The number of rotatable bonds is 3. The summed E-state index contributed by atoms with van der Waals surface area (Å²) in [6, 6.07) is 55.7. The number of hydrogen-bond acceptors (Lipinski definition) is 2. The van der Waals surface area contributed by atoms with E-state index in [0.29, 0.717) is 0 Å². The molecule has 10 rings (SSSR count). The fourth-order valence-electron chi connectivity index (χ4n) is 8.32. The predicted octanol–water partition coefficient (Wildman–Crippen LogP) is 10.5. The monoisotopic (exact) mass is 627 g/mol. The van der Waals surface area contributed by atoms with E-state index in [2.05, 4.69) is 171 Å². The third-order valence-corrected chi connectivity index (χ3v) is 10.6. The Morgan fingerprint density at radius 3 is 2.06 bits per heavy atom. The summed E-state index contributed by atoms with van der Waals surface area (Å²) >= 11 is 0. The molecule has 0 aliphatic carbocycles. The summed E-state index contributed by atoms with van der Waals surface area (Å²) in [5.74, 6) is 0. The van der Waals surface area contributed by atoms with E-state index in [4.69, 9.17) is 4.42 Å². The molecule has 3 heteroatoms. The van der Waals surface area contributed by atoms with Gasteiger partial charge in [-0.2, -0.15) is 0 Å². The topological polar surface area (TPSA) is 16.4 Å². The molecular weight excluding hydrogens is 593 g/mol. The van der Waals surface area contributed by atoms with Gasteiger partial charge in [-0.25, -0.2) is 0 Å². The molecule has 1 aromatic heterocycles. The molecular formula is C46H34BNO. The van der Waals surface area contributed by atoms with E-state index in [1.807, 2.05) is 6.07 Å². The van der Waals surface area contributed by atoms with Gasteiger partial charge in [0.05, 0.1) is 5.69 Å². The van der Waals surface area contributed by atoms with Crippen molar-refractivity contribution >= 4 is 62.1 Å². The molecule has 2 aliphatic heterocycles. The number of hydrogen-bond donors (Lipinski definition) is 0. The molecule has 0 atom stereocenters. The first-order chi connectivity index (χ1) is 24.0. The van der Waals surface area contributed by atoms with Gasteiger partial charge in [0, 0.05) is 33.3 Å². The van der Waals surface area contributed by atoms with Crippen LogP contribution in [0.5, 0.6) is 0 Å². The second-order valence-corrected chi connectivity index (χ2v) is 14.5. The van der Waals surface area contributed by atoms with Crippen LogP contribution in [0.15, 0.2) is 156 Å². The Kier molecular flexibility index (Phi) is 5.96. The third-order valence-electron chi connectivity index (χ3n) is 10.6. The van der Waals surface area contributed by atoms with Gasteiger partial charge >= 0.3 is 0 Å². The highest BCUT2D eigenvalue weighted by atomic mass is 16.3. The van der Waals surface area contributed by atoms with E-state index in [-0.39, 0.29) is 12.1 Å². The molecule has 0 saturated heterocycles. The van der Waals surface area contributed by atoms with Crippen LogP contribution in [0.2, 0.25) is 0 Å². The van der Waals surface area contributed by atoms with Crippen molar-refractivity contribution in [2.75, 3.05) is 4.90 Å². The second-order valence-electron chi connectivity index (χ2n) is 14.5. The van der Waals surface area contributed by atoms with Crippen molar-refractivity contribution in [2.24, 2.45) is 0 Å². The maximum atomic E-state index is 6.61. The van der Waals surface area contributed by atoms with Crippen molar-refractivity contribution in [3.63, 3.8) is 0 Å². The zero-order valence-electron chi connectivity index (χ0n) is 27.9. The summed E-state index contributed by atoms with van der Waals surface area (Å²) in [6.07, 6.45) is 0. The summed E-state index contributed by atoms with van der Waals surface area (Å²) in [5, 5.41) is 2.29. The van der Waals surface area contributed by atoms with Crippen molar-refractivity contribution in [1.29, 1.82) is 0 Å². The van der Waals surface area contributed by atoms with Crippen molar-refractivity contribution in [3.05, 3.63) is 157 Å². The molecule has 2 aliphatic rings. The molecule has 0 fully saturated rings. The highest BCUT2D eigenvalue weighted by Gasteiger charge is 2.43. The third kappa shape index (κ3) is 4.15. The minimum Gasteiger partial charge on any atom is -0.455 e. The average molecular weight is 628 g/mol. The molecule has 7 aromatic carbocycles. The highest BCUT2D eigenvalue weighted by molar-refractivity contribution is 7.01. The van der Waals surface area contributed by atoms with Crippen LogP contribution in [-0.4, -0.2) is 6.71 Å².